The average Bonchev–Trinajstić information content (AvgIpc) is 2.63. The van der Waals surface area contributed by atoms with E-state index in [9.17, 15) is 20.0 Å². The first-order valence-corrected chi connectivity index (χ1v) is 9.20. The van der Waals surface area contributed by atoms with Gasteiger partial charge in [-0.3, -0.25) is 14.9 Å². The van der Waals surface area contributed by atoms with E-state index < -0.39 is 10.8 Å². The van der Waals surface area contributed by atoms with Crippen molar-refractivity contribution in [3.63, 3.8) is 0 Å². The van der Waals surface area contributed by atoms with E-state index in [4.69, 9.17) is 4.74 Å². The molecule has 0 aliphatic heterocycles. The van der Waals surface area contributed by atoms with Gasteiger partial charge in [-0.05, 0) is 46.0 Å². The van der Waals surface area contributed by atoms with Crippen molar-refractivity contribution in [1.29, 1.82) is 0 Å². The number of rotatable bonds is 7. The van der Waals surface area contributed by atoms with Crippen LogP contribution in [0.3, 0.4) is 0 Å². The van der Waals surface area contributed by atoms with Crippen molar-refractivity contribution < 1.29 is 19.6 Å². The number of nitrogens with one attached hydrogen (secondary N) is 1. The molecule has 0 aliphatic carbocycles. The van der Waals surface area contributed by atoms with Gasteiger partial charge in [-0.1, -0.05) is 26.0 Å². The third-order valence-electron chi connectivity index (χ3n) is 3.92. The minimum absolute atomic E-state index is 0.0859. The van der Waals surface area contributed by atoms with Crippen LogP contribution in [0.4, 0.5) is 5.69 Å². The molecule has 0 atom stereocenters. The van der Waals surface area contributed by atoms with Gasteiger partial charge in [-0.15, -0.1) is 0 Å². The van der Waals surface area contributed by atoms with E-state index >= 15 is 0 Å². The van der Waals surface area contributed by atoms with Crippen LogP contribution in [-0.2, 0) is 4.79 Å². The van der Waals surface area contributed by atoms with Crippen LogP contribution in [0.5, 0.6) is 11.5 Å². The molecule has 0 unspecified atom stereocenters. The van der Waals surface area contributed by atoms with Crippen LogP contribution in [0.1, 0.15) is 36.5 Å². The highest BCUT2D eigenvalue weighted by Crippen LogP contribution is 2.31. The number of aromatic hydroxyl groups is 1. The Balaban J connectivity index is 2.00. The number of aryl methyl sites for hydroxylation is 1. The molecule has 2 rings (SSSR count). The molecule has 0 spiro atoms. The molecule has 0 fully saturated rings. The number of hydrogen-bond acceptors (Lipinski definition) is 6. The van der Waals surface area contributed by atoms with Crippen molar-refractivity contribution in [3.05, 3.63) is 61.6 Å². The molecule has 1 amide bonds. The monoisotopic (exact) mass is 449 g/mol. The number of carbonyl (C=O) groups is 1. The number of hydrazone groups is 1. The second-order valence-corrected chi connectivity index (χ2v) is 7.24. The number of phenolic OH excluding ortho intramolecular Hbond substituents is 1. The molecule has 0 heterocycles. The van der Waals surface area contributed by atoms with Gasteiger partial charge in [0.05, 0.1) is 15.6 Å². The third-order valence-corrected chi connectivity index (χ3v) is 4.52. The second-order valence-electron chi connectivity index (χ2n) is 6.38. The summed E-state index contributed by atoms with van der Waals surface area (Å²) in [6.07, 6.45) is 1.12. The first-order chi connectivity index (χ1) is 13.2. The number of carbonyl (C=O) groups excluding carboxylic acids is 1. The summed E-state index contributed by atoms with van der Waals surface area (Å²) in [4.78, 5) is 22.2. The average molecular weight is 450 g/mol. The van der Waals surface area contributed by atoms with E-state index in [1.54, 1.807) is 0 Å². The van der Waals surface area contributed by atoms with E-state index in [1.807, 2.05) is 25.1 Å². The zero-order valence-electron chi connectivity index (χ0n) is 15.6. The first-order valence-electron chi connectivity index (χ1n) is 8.41. The number of hydrogen-bond donors (Lipinski definition) is 2. The minimum Gasteiger partial charge on any atom is -0.506 e. The molecule has 148 valence electrons. The van der Waals surface area contributed by atoms with Gasteiger partial charge in [0.25, 0.3) is 11.6 Å². The highest BCUT2D eigenvalue weighted by atomic mass is 79.9. The van der Waals surface area contributed by atoms with Crippen LogP contribution in [0.15, 0.2) is 39.9 Å². The summed E-state index contributed by atoms with van der Waals surface area (Å²) in [5, 5.41) is 24.5. The lowest BCUT2D eigenvalue weighted by molar-refractivity contribution is -0.385. The van der Waals surface area contributed by atoms with Crippen LogP contribution in [0.2, 0.25) is 0 Å². The minimum atomic E-state index is -0.596. The maximum atomic E-state index is 11.9. The Labute approximate surface area is 170 Å². The van der Waals surface area contributed by atoms with E-state index in [1.165, 1.54) is 6.07 Å². The number of phenols is 1. The van der Waals surface area contributed by atoms with E-state index in [0.29, 0.717) is 11.7 Å². The maximum Gasteiger partial charge on any atom is 0.277 e. The molecule has 0 saturated heterocycles. The van der Waals surface area contributed by atoms with Gasteiger partial charge >= 0.3 is 0 Å². The molecule has 28 heavy (non-hydrogen) atoms. The molecule has 0 aromatic heterocycles. The number of non-ortho nitro benzene ring substituents is 1. The van der Waals surface area contributed by atoms with Crippen molar-refractivity contribution in [2.75, 3.05) is 6.61 Å². The van der Waals surface area contributed by atoms with Gasteiger partial charge in [-0.25, -0.2) is 5.43 Å². The largest absolute Gasteiger partial charge is 0.506 e. The number of benzene rings is 2. The summed E-state index contributed by atoms with van der Waals surface area (Å²) in [5.74, 6) is 0.226. The first kappa shape index (κ1) is 21.4. The summed E-state index contributed by atoms with van der Waals surface area (Å²) < 4.78 is 5.70. The second kappa shape index (κ2) is 9.32. The fourth-order valence-corrected chi connectivity index (χ4v) is 2.75. The lowest BCUT2D eigenvalue weighted by atomic mass is 10.0. The summed E-state index contributed by atoms with van der Waals surface area (Å²) in [7, 11) is 0. The summed E-state index contributed by atoms with van der Waals surface area (Å²) in [5.41, 5.74) is 4.14. The topological polar surface area (TPSA) is 114 Å². The van der Waals surface area contributed by atoms with Crippen molar-refractivity contribution in [3.8, 4) is 11.5 Å². The lowest BCUT2D eigenvalue weighted by Crippen LogP contribution is -2.24. The number of nitrogens with zero attached hydrogens (tertiary/aromatic N) is 2. The molecule has 9 heteroatoms. The Kier molecular flexibility index (Phi) is 7.11. The number of ether oxygens (including phenoxy) is 1. The van der Waals surface area contributed by atoms with Gasteiger partial charge < -0.3 is 9.84 Å². The number of halogens is 1. The Hall–Kier alpha value is -2.94. The molecule has 0 saturated carbocycles. The molecule has 2 aromatic carbocycles. The smallest absolute Gasteiger partial charge is 0.277 e. The Morgan fingerprint density at radius 2 is 2.11 bits per heavy atom. The van der Waals surface area contributed by atoms with E-state index in [2.05, 4.69) is 40.3 Å². The highest BCUT2D eigenvalue weighted by molar-refractivity contribution is 9.10. The molecule has 2 aromatic rings. The predicted octanol–water partition coefficient (Wildman–Crippen LogP) is 4.02. The van der Waals surface area contributed by atoms with Crippen LogP contribution in [0, 0.1) is 17.0 Å². The van der Waals surface area contributed by atoms with Crippen LogP contribution >= 0.6 is 15.9 Å². The summed E-state index contributed by atoms with van der Waals surface area (Å²) in [6, 6.07) is 8.17. The predicted molar refractivity (Wildman–Crippen MR) is 109 cm³/mol. The fourth-order valence-electron chi connectivity index (χ4n) is 2.29. The molecule has 8 nitrogen and oxygen atoms in total. The van der Waals surface area contributed by atoms with Crippen molar-refractivity contribution >= 4 is 33.7 Å². The highest BCUT2D eigenvalue weighted by Gasteiger charge is 2.14. The zero-order valence-corrected chi connectivity index (χ0v) is 17.2. The summed E-state index contributed by atoms with van der Waals surface area (Å²) >= 11 is 3.04. The maximum absolute atomic E-state index is 11.9. The van der Waals surface area contributed by atoms with E-state index in [0.717, 1.165) is 23.4 Å². The molecule has 0 radical (unpaired) electrons. The van der Waals surface area contributed by atoms with Crippen molar-refractivity contribution in [2.45, 2.75) is 26.7 Å². The Morgan fingerprint density at radius 3 is 2.75 bits per heavy atom. The normalized spacial score (nSPS) is 11.0. The number of nitro groups is 1. The molecular weight excluding hydrogens is 430 g/mol. The third kappa shape index (κ3) is 5.53. The van der Waals surface area contributed by atoms with Crippen LogP contribution < -0.4 is 10.2 Å². The van der Waals surface area contributed by atoms with Gasteiger partial charge in [-0.2, -0.15) is 5.10 Å². The fraction of sp³-hybridized carbons (Fsp3) is 0.263. The van der Waals surface area contributed by atoms with Gasteiger partial charge in [0.15, 0.2) is 6.61 Å². The van der Waals surface area contributed by atoms with Gasteiger partial charge in [0, 0.05) is 17.7 Å². The van der Waals surface area contributed by atoms with Gasteiger partial charge in [0.1, 0.15) is 11.5 Å². The molecule has 0 aliphatic rings. The summed E-state index contributed by atoms with van der Waals surface area (Å²) in [6.45, 7) is 5.78. The Morgan fingerprint density at radius 1 is 1.39 bits per heavy atom. The zero-order chi connectivity index (χ0) is 20.8. The Bertz CT molecular complexity index is 928. The molecule has 0 bridgehead atoms. The SMILES string of the molecule is Cc1ccc(C(C)C)cc1OCC(=O)N/N=C\c1cc([N+](=O)[O-])cc(Br)c1O. The number of amides is 1. The van der Waals surface area contributed by atoms with Crippen molar-refractivity contribution in [2.24, 2.45) is 5.10 Å². The quantitative estimate of drug-likeness (QED) is 0.376. The molecule has 2 N–H and O–H groups in total. The van der Waals surface area contributed by atoms with Crippen LogP contribution in [-0.4, -0.2) is 28.8 Å². The standard InChI is InChI=1S/C19H20BrN3O5/c1-11(2)13-5-4-12(3)17(7-13)28-10-18(24)22-21-9-14-6-15(23(26)27)8-16(20)19(14)25/h4-9,11,25H,10H2,1-3H3,(H,22,24)/b21-9-. The van der Waals surface area contributed by atoms with E-state index in [-0.39, 0.29) is 28.1 Å². The lowest BCUT2D eigenvalue weighted by Gasteiger charge is -2.12. The van der Waals surface area contributed by atoms with Crippen LogP contribution in [0.25, 0.3) is 0 Å². The van der Waals surface area contributed by atoms with Gasteiger partial charge in [0.2, 0.25) is 0 Å². The number of nitro benzene ring substituents is 1. The van der Waals surface area contributed by atoms with Crippen molar-refractivity contribution in [1.82, 2.24) is 5.43 Å². The molecular formula is C19H20BrN3O5.